The number of nitrogens with one attached hydrogen (secondary N) is 1. The second-order valence-electron chi connectivity index (χ2n) is 7.96. The first-order chi connectivity index (χ1) is 14.4. The molecular weight excluding hydrogens is 378 g/mol. The van der Waals surface area contributed by atoms with Crippen LogP contribution in [0.5, 0.6) is 0 Å². The van der Waals surface area contributed by atoms with Gasteiger partial charge in [-0.05, 0) is 53.8 Å². The summed E-state index contributed by atoms with van der Waals surface area (Å²) >= 11 is 0. The van der Waals surface area contributed by atoms with Gasteiger partial charge in [0.05, 0.1) is 5.41 Å². The molecule has 1 amide bonds. The maximum Gasteiger partial charge on any atom is 0.411 e. The molecule has 0 aromatic heterocycles. The molecule has 0 saturated carbocycles. The molecule has 4 rings (SSSR count). The number of carboxylic acids is 1. The molecule has 30 heavy (non-hydrogen) atoms. The predicted octanol–water partition coefficient (Wildman–Crippen LogP) is 5.41. The highest BCUT2D eigenvalue weighted by Crippen LogP contribution is 2.44. The fourth-order valence-electron chi connectivity index (χ4n) is 3.85. The van der Waals surface area contributed by atoms with E-state index >= 15 is 0 Å². The van der Waals surface area contributed by atoms with Crippen LogP contribution in [0.3, 0.4) is 0 Å². The van der Waals surface area contributed by atoms with Crippen LogP contribution < -0.4 is 5.32 Å². The largest absolute Gasteiger partial charge is 0.481 e. The number of fused-ring (bicyclic) bond motifs is 3. The summed E-state index contributed by atoms with van der Waals surface area (Å²) in [5, 5.41) is 12.0. The summed E-state index contributed by atoms with van der Waals surface area (Å²) in [7, 11) is 0. The van der Waals surface area contributed by atoms with E-state index in [4.69, 9.17) is 4.74 Å². The van der Waals surface area contributed by atoms with E-state index in [1.165, 1.54) is 11.1 Å². The molecule has 0 unspecified atom stereocenters. The second kappa shape index (κ2) is 7.67. The minimum absolute atomic E-state index is 0.00175. The normalized spacial score (nSPS) is 12.7. The zero-order valence-electron chi connectivity index (χ0n) is 16.9. The number of carbonyl (C=O) groups is 2. The zero-order valence-corrected chi connectivity index (χ0v) is 16.9. The minimum Gasteiger partial charge on any atom is -0.481 e. The van der Waals surface area contributed by atoms with E-state index in [0.29, 0.717) is 11.3 Å². The quantitative estimate of drug-likeness (QED) is 0.599. The van der Waals surface area contributed by atoms with Crippen molar-refractivity contribution in [3.05, 3.63) is 89.5 Å². The SMILES string of the molecule is CC(C)(C(=O)O)c1ccc(NC(=O)OCC2c3ccccc3-c3ccccc32)cc1. The fraction of sp³-hybridized carbons (Fsp3) is 0.200. The zero-order chi connectivity index (χ0) is 21.3. The Kier molecular flexibility index (Phi) is 5.04. The molecule has 3 aromatic carbocycles. The van der Waals surface area contributed by atoms with Gasteiger partial charge < -0.3 is 9.84 Å². The van der Waals surface area contributed by atoms with Gasteiger partial charge in [0, 0.05) is 11.6 Å². The van der Waals surface area contributed by atoms with Crippen molar-refractivity contribution >= 4 is 17.7 Å². The molecule has 3 aromatic rings. The first-order valence-corrected chi connectivity index (χ1v) is 9.84. The molecule has 0 saturated heterocycles. The van der Waals surface area contributed by atoms with E-state index in [-0.39, 0.29) is 12.5 Å². The van der Waals surface area contributed by atoms with Crippen molar-refractivity contribution in [1.29, 1.82) is 0 Å². The number of aliphatic carboxylic acids is 1. The molecule has 0 heterocycles. The highest BCUT2D eigenvalue weighted by molar-refractivity contribution is 5.85. The summed E-state index contributed by atoms with van der Waals surface area (Å²) in [5.74, 6) is -0.901. The molecule has 0 fully saturated rings. The first kappa shape index (κ1) is 19.7. The average Bonchev–Trinajstić information content (AvgIpc) is 3.06. The van der Waals surface area contributed by atoms with E-state index in [0.717, 1.165) is 11.1 Å². The summed E-state index contributed by atoms with van der Waals surface area (Å²) in [6, 6.07) is 23.1. The first-order valence-electron chi connectivity index (χ1n) is 9.84. The summed E-state index contributed by atoms with van der Waals surface area (Å²) in [6.07, 6.45) is -0.540. The lowest BCUT2D eigenvalue weighted by Gasteiger charge is -2.20. The van der Waals surface area contributed by atoms with E-state index in [1.807, 2.05) is 24.3 Å². The molecule has 2 N–H and O–H groups in total. The Bertz CT molecular complexity index is 1060. The maximum absolute atomic E-state index is 12.4. The molecule has 0 spiro atoms. The summed E-state index contributed by atoms with van der Waals surface area (Å²) < 4.78 is 5.54. The molecule has 5 nitrogen and oxygen atoms in total. The van der Waals surface area contributed by atoms with Crippen molar-refractivity contribution in [3.63, 3.8) is 0 Å². The third-order valence-electron chi connectivity index (χ3n) is 5.73. The van der Waals surface area contributed by atoms with Gasteiger partial charge in [-0.25, -0.2) is 4.79 Å². The Morgan fingerprint density at radius 3 is 1.97 bits per heavy atom. The second-order valence-corrected chi connectivity index (χ2v) is 7.96. The molecule has 0 atom stereocenters. The average molecular weight is 401 g/mol. The van der Waals surface area contributed by atoms with E-state index in [9.17, 15) is 14.7 Å². The van der Waals surface area contributed by atoms with E-state index < -0.39 is 17.5 Å². The number of hydrogen-bond donors (Lipinski definition) is 2. The summed E-state index contributed by atoms with van der Waals surface area (Å²) in [5.41, 5.74) is 4.89. The maximum atomic E-state index is 12.4. The molecular formula is C25H23NO4. The van der Waals surface area contributed by atoms with Crippen LogP contribution >= 0.6 is 0 Å². The third-order valence-corrected chi connectivity index (χ3v) is 5.73. The van der Waals surface area contributed by atoms with Crippen LogP contribution in [-0.4, -0.2) is 23.8 Å². The van der Waals surface area contributed by atoms with Gasteiger partial charge in [0.2, 0.25) is 0 Å². The molecule has 0 bridgehead atoms. The molecule has 0 radical (unpaired) electrons. The van der Waals surface area contributed by atoms with E-state index in [1.54, 1.807) is 38.1 Å². The monoisotopic (exact) mass is 401 g/mol. The molecule has 5 heteroatoms. The smallest absolute Gasteiger partial charge is 0.411 e. The number of amides is 1. The highest BCUT2D eigenvalue weighted by atomic mass is 16.5. The standard InChI is InChI=1S/C25H23NO4/c1-25(2,23(27)28)16-11-13-17(14-12-16)26-24(29)30-15-22-20-9-5-3-7-18(20)19-8-4-6-10-21(19)22/h3-14,22H,15H2,1-2H3,(H,26,29)(H,27,28). The van der Waals surface area contributed by atoms with Crippen molar-refractivity contribution < 1.29 is 19.4 Å². The van der Waals surface area contributed by atoms with E-state index in [2.05, 4.69) is 29.6 Å². The number of anilines is 1. The highest BCUT2D eigenvalue weighted by Gasteiger charge is 2.30. The fourth-order valence-corrected chi connectivity index (χ4v) is 3.85. The Balaban J connectivity index is 1.43. The predicted molar refractivity (Wildman–Crippen MR) is 116 cm³/mol. The van der Waals surface area contributed by atoms with Gasteiger partial charge >= 0.3 is 12.1 Å². The van der Waals surface area contributed by atoms with Crippen LogP contribution in [0.4, 0.5) is 10.5 Å². The van der Waals surface area contributed by atoms with Crippen molar-refractivity contribution in [2.24, 2.45) is 0 Å². The van der Waals surface area contributed by atoms with Crippen LogP contribution in [0.25, 0.3) is 11.1 Å². The van der Waals surface area contributed by atoms with Crippen LogP contribution in [0.2, 0.25) is 0 Å². The number of carbonyl (C=O) groups excluding carboxylic acids is 1. The van der Waals surface area contributed by atoms with Gasteiger partial charge in [-0.1, -0.05) is 60.7 Å². The van der Waals surface area contributed by atoms with Gasteiger partial charge in [0.25, 0.3) is 0 Å². The molecule has 1 aliphatic rings. The van der Waals surface area contributed by atoms with Crippen molar-refractivity contribution in [2.75, 3.05) is 11.9 Å². The van der Waals surface area contributed by atoms with Crippen molar-refractivity contribution in [3.8, 4) is 11.1 Å². The number of benzene rings is 3. The van der Waals surface area contributed by atoms with Crippen LogP contribution in [0.1, 0.15) is 36.5 Å². The third kappa shape index (κ3) is 3.54. The Hall–Kier alpha value is -3.60. The van der Waals surface area contributed by atoms with Gasteiger partial charge in [0.1, 0.15) is 6.61 Å². The van der Waals surface area contributed by atoms with Gasteiger partial charge in [-0.2, -0.15) is 0 Å². The number of ether oxygens (including phenoxy) is 1. The Morgan fingerprint density at radius 1 is 0.900 bits per heavy atom. The minimum atomic E-state index is -0.998. The van der Waals surface area contributed by atoms with Crippen LogP contribution in [0, 0.1) is 0 Å². The molecule has 152 valence electrons. The molecule has 0 aliphatic heterocycles. The topological polar surface area (TPSA) is 75.6 Å². The van der Waals surface area contributed by atoms with Crippen molar-refractivity contribution in [2.45, 2.75) is 25.2 Å². The number of rotatable bonds is 5. The Morgan fingerprint density at radius 2 is 1.43 bits per heavy atom. The van der Waals surface area contributed by atoms with Crippen LogP contribution in [0.15, 0.2) is 72.8 Å². The summed E-state index contributed by atoms with van der Waals surface area (Å²) in [4.78, 5) is 23.7. The lowest BCUT2D eigenvalue weighted by Crippen LogP contribution is -2.28. The van der Waals surface area contributed by atoms with Crippen LogP contribution in [-0.2, 0) is 14.9 Å². The van der Waals surface area contributed by atoms with Gasteiger partial charge in [0.15, 0.2) is 0 Å². The Labute approximate surface area is 175 Å². The van der Waals surface area contributed by atoms with Gasteiger partial charge in [-0.15, -0.1) is 0 Å². The lowest BCUT2D eigenvalue weighted by molar-refractivity contribution is -0.142. The van der Waals surface area contributed by atoms with Crippen molar-refractivity contribution in [1.82, 2.24) is 0 Å². The number of hydrogen-bond acceptors (Lipinski definition) is 3. The van der Waals surface area contributed by atoms with Gasteiger partial charge in [-0.3, -0.25) is 10.1 Å². The summed E-state index contributed by atoms with van der Waals surface area (Å²) in [6.45, 7) is 3.52. The molecule has 1 aliphatic carbocycles. The lowest BCUT2D eigenvalue weighted by atomic mass is 9.85. The number of carboxylic acid groups (broad SMARTS) is 1.